The van der Waals surface area contributed by atoms with Crippen LogP contribution < -0.4 is 11.1 Å². The summed E-state index contributed by atoms with van der Waals surface area (Å²) in [5.74, 6) is 0.128. The van der Waals surface area contributed by atoms with E-state index in [0.29, 0.717) is 6.54 Å². The summed E-state index contributed by atoms with van der Waals surface area (Å²) in [5, 5.41) is 3.02. The molecule has 1 heterocycles. The number of nitrogens with one attached hydrogen (secondary N) is 1. The minimum atomic E-state index is -0.143. The van der Waals surface area contributed by atoms with Gasteiger partial charge in [-0.2, -0.15) is 0 Å². The van der Waals surface area contributed by atoms with Crippen molar-refractivity contribution in [3.8, 4) is 0 Å². The van der Waals surface area contributed by atoms with Crippen molar-refractivity contribution in [2.24, 2.45) is 5.73 Å². The maximum absolute atomic E-state index is 11.9. The van der Waals surface area contributed by atoms with E-state index in [0.717, 1.165) is 52.1 Å². The summed E-state index contributed by atoms with van der Waals surface area (Å²) in [7, 11) is 0. The van der Waals surface area contributed by atoms with Crippen molar-refractivity contribution in [1.82, 2.24) is 15.1 Å². The van der Waals surface area contributed by atoms with Crippen molar-refractivity contribution >= 4 is 5.91 Å². The highest BCUT2D eigenvalue weighted by atomic mass is 16.2. The Morgan fingerprint density at radius 3 is 2.42 bits per heavy atom. The van der Waals surface area contributed by atoms with Gasteiger partial charge in [0, 0.05) is 18.6 Å². The molecule has 0 aromatic rings. The lowest BCUT2D eigenvalue weighted by Gasteiger charge is -2.25. The average molecular weight is 270 g/mol. The Balaban J connectivity index is 2.30. The van der Waals surface area contributed by atoms with Gasteiger partial charge in [-0.25, -0.2) is 0 Å². The van der Waals surface area contributed by atoms with Gasteiger partial charge in [-0.1, -0.05) is 0 Å². The summed E-state index contributed by atoms with van der Waals surface area (Å²) in [4.78, 5) is 16.6. The molecular formula is C14H30N4O. The van der Waals surface area contributed by atoms with Crippen LogP contribution in [0.25, 0.3) is 0 Å². The molecule has 0 spiro atoms. The van der Waals surface area contributed by atoms with Crippen molar-refractivity contribution in [2.75, 3.05) is 45.8 Å². The molecular weight excluding hydrogens is 240 g/mol. The number of nitrogens with two attached hydrogens (primary N) is 1. The monoisotopic (exact) mass is 270 g/mol. The zero-order chi connectivity index (χ0) is 14.3. The Bertz CT molecular complexity index is 275. The van der Waals surface area contributed by atoms with Gasteiger partial charge >= 0.3 is 0 Å². The van der Waals surface area contributed by atoms with E-state index in [2.05, 4.69) is 15.1 Å². The molecule has 0 aromatic carbocycles. The first-order valence-electron chi connectivity index (χ1n) is 7.36. The number of hydrogen-bond acceptors (Lipinski definition) is 4. The average Bonchev–Trinajstić information content (AvgIpc) is 2.49. The number of hydrogen-bond donors (Lipinski definition) is 2. The second-order valence-electron chi connectivity index (χ2n) is 6.41. The van der Waals surface area contributed by atoms with Gasteiger partial charge < -0.3 is 16.0 Å². The molecule has 0 aliphatic carbocycles. The van der Waals surface area contributed by atoms with Crippen LogP contribution in [-0.4, -0.2) is 67.1 Å². The third kappa shape index (κ3) is 7.50. The van der Waals surface area contributed by atoms with Crippen molar-refractivity contribution in [1.29, 1.82) is 0 Å². The first-order chi connectivity index (χ1) is 8.90. The fourth-order valence-corrected chi connectivity index (χ4v) is 2.38. The third-order valence-electron chi connectivity index (χ3n) is 3.24. The Kier molecular flexibility index (Phi) is 6.75. The Morgan fingerprint density at radius 2 is 1.79 bits per heavy atom. The van der Waals surface area contributed by atoms with E-state index in [1.165, 1.54) is 0 Å². The van der Waals surface area contributed by atoms with Crippen LogP contribution in [0.5, 0.6) is 0 Å². The molecule has 112 valence electrons. The molecule has 1 saturated heterocycles. The number of amides is 1. The summed E-state index contributed by atoms with van der Waals surface area (Å²) < 4.78 is 0. The molecule has 0 radical (unpaired) electrons. The smallest absolute Gasteiger partial charge is 0.234 e. The van der Waals surface area contributed by atoms with Gasteiger partial charge in [0.25, 0.3) is 0 Å². The van der Waals surface area contributed by atoms with Gasteiger partial charge in [-0.3, -0.25) is 9.69 Å². The zero-order valence-corrected chi connectivity index (χ0v) is 12.7. The van der Waals surface area contributed by atoms with Crippen LogP contribution in [0, 0.1) is 0 Å². The standard InChI is InChI=1S/C14H30N4O/c1-14(2,3)16-13(19)12-18-9-5-8-17(10-11-18)7-4-6-15/h4-12,15H2,1-3H3,(H,16,19). The molecule has 1 aliphatic heterocycles. The minimum absolute atomic E-state index is 0.128. The van der Waals surface area contributed by atoms with E-state index in [1.807, 2.05) is 20.8 Å². The SMILES string of the molecule is CC(C)(C)NC(=O)CN1CCCN(CCCN)CC1. The van der Waals surface area contributed by atoms with E-state index < -0.39 is 0 Å². The fraction of sp³-hybridized carbons (Fsp3) is 0.929. The largest absolute Gasteiger partial charge is 0.350 e. The summed E-state index contributed by atoms with van der Waals surface area (Å²) in [6.45, 7) is 12.6. The van der Waals surface area contributed by atoms with Gasteiger partial charge in [-0.05, 0) is 59.8 Å². The van der Waals surface area contributed by atoms with E-state index in [-0.39, 0.29) is 11.4 Å². The van der Waals surface area contributed by atoms with Crippen LogP contribution in [0.15, 0.2) is 0 Å². The molecule has 0 atom stereocenters. The first-order valence-corrected chi connectivity index (χ1v) is 7.36. The Hall–Kier alpha value is -0.650. The van der Waals surface area contributed by atoms with Crippen LogP contribution in [0.3, 0.4) is 0 Å². The van der Waals surface area contributed by atoms with E-state index >= 15 is 0 Å². The lowest BCUT2D eigenvalue weighted by atomic mass is 10.1. The van der Waals surface area contributed by atoms with Crippen molar-refractivity contribution in [3.63, 3.8) is 0 Å². The molecule has 5 heteroatoms. The maximum Gasteiger partial charge on any atom is 0.234 e. The van der Waals surface area contributed by atoms with Crippen molar-refractivity contribution in [3.05, 3.63) is 0 Å². The molecule has 1 fully saturated rings. The molecule has 5 nitrogen and oxygen atoms in total. The predicted molar refractivity (Wildman–Crippen MR) is 79.1 cm³/mol. The van der Waals surface area contributed by atoms with Gasteiger partial charge in [0.2, 0.25) is 5.91 Å². The van der Waals surface area contributed by atoms with Crippen LogP contribution in [0.2, 0.25) is 0 Å². The van der Waals surface area contributed by atoms with Crippen LogP contribution in [-0.2, 0) is 4.79 Å². The summed E-state index contributed by atoms with van der Waals surface area (Å²) in [5.41, 5.74) is 5.40. The molecule has 19 heavy (non-hydrogen) atoms. The normalized spacial score (nSPS) is 19.2. The van der Waals surface area contributed by atoms with Gasteiger partial charge in [0.05, 0.1) is 6.54 Å². The highest BCUT2D eigenvalue weighted by molar-refractivity contribution is 5.78. The van der Waals surface area contributed by atoms with Crippen molar-refractivity contribution < 1.29 is 4.79 Å². The maximum atomic E-state index is 11.9. The highest BCUT2D eigenvalue weighted by Gasteiger charge is 2.19. The molecule has 1 amide bonds. The van der Waals surface area contributed by atoms with Crippen LogP contribution >= 0.6 is 0 Å². The number of rotatable bonds is 5. The molecule has 0 aromatic heterocycles. The fourth-order valence-electron chi connectivity index (χ4n) is 2.38. The molecule has 0 unspecified atom stereocenters. The van der Waals surface area contributed by atoms with Crippen LogP contribution in [0.4, 0.5) is 0 Å². The second-order valence-corrected chi connectivity index (χ2v) is 6.41. The summed E-state index contributed by atoms with van der Waals surface area (Å²) in [6.07, 6.45) is 2.19. The molecule has 3 N–H and O–H groups in total. The number of nitrogens with zero attached hydrogens (tertiary/aromatic N) is 2. The highest BCUT2D eigenvalue weighted by Crippen LogP contribution is 2.04. The van der Waals surface area contributed by atoms with E-state index in [1.54, 1.807) is 0 Å². The Labute approximate surface area is 117 Å². The molecule has 0 saturated carbocycles. The van der Waals surface area contributed by atoms with Crippen LogP contribution in [0.1, 0.15) is 33.6 Å². The summed E-state index contributed by atoms with van der Waals surface area (Å²) >= 11 is 0. The lowest BCUT2D eigenvalue weighted by molar-refractivity contribution is -0.123. The third-order valence-corrected chi connectivity index (χ3v) is 3.24. The quantitative estimate of drug-likeness (QED) is 0.752. The van der Waals surface area contributed by atoms with E-state index in [9.17, 15) is 4.79 Å². The van der Waals surface area contributed by atoms with Gasteiger partial charge in [0.15, 0.2) is 0 Å². The van der Waals surface area contributed by atoms with Gasteiger partial charge in [-0.15, -0.1) is 0 Å². The number of carbonyl (C=O) groups excluding carboxylic acids is 1. The Morgan fingerprint density at radius 1 is 1.16 bits per heavy atom. The second kappa shape index (κ2) is 7.82. The zero-order valence-electron chi connectivity index (χ0n) is 12.7. The minimum Gasteiger partial charge on any atom is -0.350 e. The van der Waals surface area contributed by atoms with Crippen molar-refractivity contribution in [2.45, 2.75) is 39.2 Å². The molecule has 1 aliphatic rings. The van der Waals surface area contributed by atoms with E-state index in [4.69, 9.17) is 5.73 Å². The first kappa shape index (κ1) is 16.4. The predicted octanol–water partition coefficient (Wildman–Crippen LogP) is 0.258. The molecule has 0 bridgehead atoms. The number of carbonyl (C=O) groups is 1. The topological polar surface area (TPSA) is 61.6 Å². The summed E-state index contributed by atoms with van der Waals surface area (Å²) in [6, 6.07) is 0. The van der Waals surface area contributed by atoms with Gasteiger partial charge in [0.1, 0.15) is 0 Å². The molecule has 1 rings (SSSR count). The lowest BCUT2D eigenvalue weighted by Crippen LogP contribution is -2.46.